The van der Waals surface area contributed by atoms with E-state index >= 15 is 0 Å². The fourth-order valence-corrected chi connectivity index (χ4v) is 2.77. The molecule has 0 aliphatic heterocycles. The van der Waals surface area contributed by atoms with Gasteiger partial charge in [0.05, 0.1) is 5.25 Å². The van der Waals surface area contributed by atoms with E-state index in [2.05, 4.69) is 16.7 Å². The molecule has 1 aliphatic carbocycles. The van der Waals surface area contributed by atoms with Gasteiger partial charge < -0.3 is 4.90 Å². The minimum Gasteiger partial charge on any atom is -0.302 e. The maximum atomic E-state index is 11.5. The molecule has 0 aromatic rings. The van der Waals surface area contributed by atoms with E-state index in [1.165, 1.54) is 25.7 Å². The van der Waals surface area contributed by atoms with Crippen LogP contribution in [0.25, 0.3) is 0 Å². The van der Waals surface area contributed by atoms with Crippen LogP contribution in [-0.2, 0) is 10.0 Å². The smallest absolute Gasteiger partial charge is 0.213 e. The molecule has 0 saturated heterocycles. The Morgan fingerprint density at radius 1 is 1.31 bits per heavy atom. The molecule has 96 valence electrons. The molecule has 0 bridgehead atoms. The van der Waals surface area contributed by atoms with E-state index in [-0.39, 0.29) is 5.25 Å². The van der Waals surface area contributed by atoms with E-state index in [1.54, 1.807) is 13.8 Å². The third-order valence-corrected chi connectivity index (χ3v) is 5.18. The number of likely N-dealkylation sites (N-methyl/N-ethyl adjacent to an activating group) is 1. The second-order valence-corrected chi connectivity index (χ2v) is 7.23. The van der Waals surface area contributed by atoms with E-state index in [1.807, 2.05) is 0 Å². The van der Waals surface area contributed by atoms with Gasteiger partial charge in [-0.15, -0.1) is 0 Å². The summed E-state index contributed by atoms with van der Waals surface area (Å²) in [7, 11) is -1.01. The molecule has 0 unspecified atom stereocenters. The number of rotatable bonds is 6. The Balaban J connectivity index is 2.24. The van der Waals surface area contributed by atoms with Crippen LogP contribution in [0.5, 0.6) is 0 Å². The Morgan fingerprint density at radius 3 is 2.38 bits per heavy atom. The fourth-order valence-electron chi connectivity index (χ4n) is 2.06. The highest BCUT2D eigenvalue weighted by atomic mass is 32.2. The first-order valence-corrected chi connectivity index (χ1v) is 7.67. The Kier molecular flexibility index (Phi) is 5.21. The predicted octanol–water partition coefficient (Wildman–Crippen LogP) is 1.19. The number of sulfonamides is 1. The molecule has 1 rings (SSSR count). The van der Waals surface area contributed by atoms with Gasteiger partial charge in [-0.3, -0.25) is 0 Å². The van der Waals surface area contributed by atoms with Crippen molar-refractivity contribution in [3.63, 3.8) is 0 Å². The molecule has 0 spiro atoms. The van der Waals surface area contributed by atoms with Gasteiger partial charge in [0.15, 0.2) is 0 Å². The second-order valence-electron chi connectivity index (χ2n) is 4.91. The number of hydrogen-bond donors (Lipinski definition) is 1. The monoisotopic (exact) mass is 248 g/mol. The number of nitrogens with zero attached hydrogens (tertiary/aromatic N) is 1. The molecule has 1 fully saturated rings. The van der Waals surface area contributed by atoms with Crippen LogP contribution in [0, 0.1) is 0 Å². The van der Waals surface area contributed by atoms with Crippen molar-refractivity contribution < 1.29 is 8.42 Å². The van der Waals surface area contributed by atoms with Crippen molar-refractivity contribution in [2.75, 3.05) is 20.1 Å². The van der Waals surface area contributed by atoms with Gasteiger partial charge >= 0.3 is 0 Å². The normalized spacial score (nSPS) is 18.8. The quantitative estimate of drug-likeness (QED) is 0.768. The molecule has 1 aliphatic rings. The minimum atomic E-state index is -3.09. The lowest BCUT2D eigenvalue weighted by Crippen LogP contribution is -2.39. The minimum absolute atomic E-state index is 0.343. The van der Waals surface area contributed by atoms with Crippen molar-refractivity contribution >= 4 is 10.0 Å². The summed E-state index contributed by atoms with van der Waals surface area (Å²) >= 11 is 0. The Bertz CT molecular complexity index is 295. The molecule has 0 atom stereocenters. The van der Waals surface area contributed by atoms with Gasteiger partial charge in [-0.05, 0) is 33.7 Å². The molecule has 4 nitrogen and oxygen atoms in total. The van der Waals surface area contributed by atoms with Crippen LogP contribution < -0.4 is 4.72 Å². The lowest BCUT2D eigenvalue weighted by Gasteiger charge is -2.24. The predicted molar refractivity (Wildman–Crippen MR) is 66.9 cm³/mol. The summed E-state index contributed by atoms with van der Waals surface area (Å²) in [6.07, 6.45) is 5.14. The molecule has 0 radical (unpaired) electrons. The van der Waals surface area contributed by atoms with Crippen molar-refractivity contribution in [2.45, 2.75) is 50.8 Å². The van der Waals surface area contributed by atoms with Gasteiger partial charge in [0.25, 0.3) is 0 Å². The summed E-state index contributed by atoms with van der Waals surface area (Å²) in [5, 5.41) is -0.343. The van der Waals surface area contributed by atoms with Gasteiger partial charge in [0, 0.05) is 19.1 Å². The van der Waals surface area contributed by atoms with Crippen LogP contribution >= 0.6 is 0 Å². The van der Waals surface area contributed by atoms with Gasteiger partial charge in [0.2, 0.25) is 10.0 Å². The highest BCUT2D eigenvalue weighted by Gasteiger charge is 2.20. The lowest BCUT2D eigenvalue weighted by molar-refractivity contribution is 0.250. The SMILES string of the molecule is CC(C)S(=O)(=O)NCCN(C)C1CCCC1. The first kappa shape index (κ1) is 13.9. The summed E-state index contributed by atoms with van der Waals surface area (Å²) in [5.74, 6) is 0. The summed E-state index contributed by atoms with van der Waals surface area (Å²) in [4.78, 5) is 2.27. The van der Waals surface area contributed by atoms with E-state index < -0.39 is 10.0 Å². The van der Waals surface area contributed by atoms with Crippen molar-refractivity contribution in [1.82, 2.24) is 9.62 Å². The van der Waals surface area contributed by atoms with E-state index in [4.69, 9.17) is 0 Å². The molecule has 5 heteroatoms. The first-order chi connectivity index (χ1) is 7.43. The third-order valence-electron chi connectivity index (χ3n) is 3.34. The van der Waals surface area contributed by atoms with Crippen LogP contribution in [-0.4, -0.2) is 44.7 Å². The summed E-state index contributed by atoms with van der Waals surface area (Å²) in [6, 6.07) is 0.656. The third kappa shape index (κ3) is 4.03. The van der Waals surface area contributed by atoms with Crippen molar-refractivity contribution in [3.05, 3.63) is 0 Å². The topological polar surface area (TPSA) is 49.4 Å². The standard InChI is InChI=1S/C11H24N2O2S/c1-10(2)16(14,15)12-8-9-13(3)11-6-4-5-7-11/h10-12H,4-9H2,1-3H3. The zero-order valence-corrected chi connectivity index (χ0v) is 11.4. The zero-order valence-electron chi connectivity index (χ0n) is 10.6. The van der Waals surface area contributed by atoms with Gasteiger partial charge in [-0.25, -0.2) is 13.1 Å². The highest BCUT2D eigenvalue weighted by molar-refractivity contribution is 7.90. The summed E-state index contributed by atoms with van der Waals surface area (Å²) in [6.45, 7) is 4.72. The van der Waals surface area contributed by atoms with Gasteiger partial charge in [0.1, 0.15) is 0 Å². The summed E-state index contributed by atoms with van der Waals surface area (Å²) < 4.78 is 25.7. The maximum absolute atomic E-state index is 11.5. The fraction of sp³-hybridized carbons (Fsp3) is 1.00. The van der Waals surface area contributed by atoms with Gasteiger partial charge in [-0.1, -0.05) is 12.8 Å². The average molecular weight is 248 g/mol. The number of nitrogens with one attached hydrogen (secondary N) is 1. The highest BCUT2D eigenvalue weighted by Crippen LogP contribution is 2.21. The molecule has 1 N–H and O–H groups in total. The number of hydrogen-bond acceptors (Lipinski definition) is 3. The Hall–Kier alpha value is -0.130. The molecular weight excluding hydrogens is 224 g/mol. The first-order valence-electron chi connectivity index (χ1n) is 6.12. The van der Waals surface area contributed by atoms with E-state index in [9.17, 15) is 8.42 Å². The molecule has 0 amide bonds. The molecular formula is C11H24N2O2S. The Morgan fingerprint density at radius 2 is 1.88 bits per heavy atom. The lowest BCUT2D eigenvalue weighted by atomic mass is 10.2. The van der Waals surface area contributed by atoms with Crippen LogP contribution in [0.2, 0.25) is 0 Å². The van der Waals surface area contributed by atoms with E-state index in [0.29, 0.717) is 12.6 Å². The Labute approximate surface area is 99.5 Å². The van der Waals surface area contributed by atoms with Gasteiger partial charge in [-0.2, -0.15) is 0 Å². The second kappa shape index (κ2) is 5.98. The van der Waals surface area contributed by atoms with Crippen molar-refractivity contribution in [3.8, 4) is 0 Å². The zero-order chi connectivity index (χ0) is 12.2. The van der Waals surface area contributed by atoms with Crippen LogP contribution in [0.4, 0.5) is 0 Å². The van der Waals surface area contributed by atoms with Crippen LogP contribution in [0.1, 0.15) is 39.5 Å². The molecule has 16 heavy (non-hydrogen) atoms. The molecule has 1 saturated carbocycles. The van der Waals surface area contributed by atoms with Crippen molar-refractivity contribution in [1.29, 1.82) is 0 Å². The largest absolute Gasteiger partial charge is 0.302 e. The molecule has 0 aromatic heterocycles. The van der Waals surface area contributed by atoms with E-state index in [0.717, 1.165) is 6.54 Å². The van der Waals surface area contributed by atoms with Crippen LogP contribution in [0.3, 0.4) is 0 Å². The summed E-state index contributed by atoms with van der Waals surface area (Å²) in [5.41, 5.74) is 0. The van der Waals surface area contributed by atoms with Crippen LogP contribution in [0.15, 0.2) is 0 Å². The maximum Gasteiger partial charge on any atom is 0.213 e. The molecule has 0 heterocycles. The molecule has 0 aromatic carbocycles. The average Bonchev–Trinajstić information content (AvgIpc) is 2.69. The van der Waals surface area contributed by atoms with Crippen molar-refractivity contribution in [2.24, 2.45) is 0 Å².